The molecule has 1 rings (SSSR count). The zero-order chi connectivity index (χ0) is 10.2. The molecule has 2 N–H and O–H groups in total. The Balaban J connectivity index is 2.60. The number of hydrogen-bond donors (Lipinski definition) is 2. The van der Waals surface area contributed by atoms with Crippen LogP contribution in [0.3, 0.4) is 0 Å². The second-order valence-corrected chi connectivity index (χ2v) is 2.81. The lowest BCUT2D eigenvalue weighted by molar-refractivity contribution is 0.200. The maximum atomic E-state index is 11.7. The summed E-state index contributed by atoms with van der Waals surface area (Å²) in [6.45, 7) is 0.509. The minimum absolute atomic E-state index is 0.0182. The van der Waals surface area contributed by atoms with E-state index in [9.17, 15) is 4.48 Å². The Morgan fingerprint density at radius 1 is 1.36 bits per heavy atom. The Kier molecular flexibility index (Phi) is 4.96. The summed E-state index contributed by atoms with van der Waals surface area (Å²) in [5.41, 5.74) is 2.53. The van der Waals surface area contributed by atoms with Gasteiger partial charge in [-0.1, -0.05) is 18.2 Å². The van der Waals surface area contributed by atoms with Crippen LogP contribution in [0, 0.1) is 0 Å². The highest BCUT2D eigenvalue weighted by Gasteiger charge is 2.01. The topological polar surface area (TPSA) is 41.5 Å². The summed E-state index contributed by atoms with van der Waals surface area (Å²) >= 11 is 0. The summed E-state index contributed by atoms with van der Waals surface area (Å²) in [6.07, 6.45) is 0.568. The zero-order valence-electron chi connectivity index (χ0n) is 7.87. The van der Waals surface area contributed by atoms with E-state index in [4.69, 9.17) is 9.84 Å². The number of benzene rings is 1. The molecule has 0 amide bonds. The Bertz CT molecular complexity index is 241. The second kappa shape index (κ2) is 6.34. The third kappa shape index (κ3) is 3.32. The number of rotatable bonds is 6. The van der Waals surface area contributed by atoms with E-state index in [1.807, 2.05) is 24.3 Å². The van der Waals surface area contributed by atoms with Crippen LogP contribution < -0.4 is 10.3 Å². The fourth-order valence-corrected chi connectivity index (χ4v) is 1.19. The first kappa shape index (κ1) is 10.9. The fourth-order valence-electron chi connectivity index (χ4n) is 1.19. The van der Waals surface area contributed by atoms with Crippen molar-refractivity contribution in [3.05, 3.63) is 29.8 Å². The Morgan fingerprint density at radius 3 is 2.86 bits per heavy atom. The van der Waals surface area contributed by atoms with Crippen LogP contribution in [0.4, 0.5) is 4.48 Å². The van der Waals surface area contributed by atoms with Gasteiger partial charge in [-0.2, -0.15) is 5.54 Å². The molecular weight excluding hydrogens is 185 g/mol. The minimum atomic E-state index is -0.0182. The van der Waals surface area contributed by atoms with Crippen molar-refractivity contribution in [1.82, 2.24) is 5.54 Å². The Morgan fingerprint density at radius 2 is 2.14 bits per heavy atom. The summed E-state index contributed by atoms with van der Waals surface area (Å²) in [4.78, 5) is 0. The fraction of sp³-hybridized carbons (Fsp3) is 0.400. The maximum Gasteiger partial charge on any atom is 0.122 e. The van der Waals surface area contributed by atoms with Crippen LogP contribution >= 0.6 is 0 Å². The molecule has 78 valence electrons. The number of hydrogen-bond acceptors (Lipinski definition) is 3. The van der Waals surface area contributed by atoms with Crippen LogP contribution in [-0.2, 0) is 6.42 Å². The molecule has 0 saturated carbocycles. The molecule has 0 aliphatic heterocycles. The van der Waals surface area contributed by atoms with Crippen LogP contribution in [0.1, 0.15) is 5.56 Å². The monoisotopic (exact) mass is 199 g/mol. The highest BCUT2D eigenvalue weighted by Crippen LogP contribution is 2.17. The lowest BCUT2D eigenvalue weighted by atomic mass is 10.1. The van der Waals surface area contributed by atoms with Crippen molar-refractivity contribution in [2.75, 3.05) is 19.8 Å². The molecular formula is C10H14FNO2. The molecule has 0 atom stereocenters. The van der Waals surface area contributed by atoms with Gasteiger partial charge < -0.3 is 9.84 Å². The van der Waals surface area contributed by atoms with Crippen molar-refractivity contribution in [3.8, 4) is 5.75 Å². The smallest absolute Gasteiger partial charge is 0.122 e. The highest BCUT2D eigenvalue weighted by molar-refractivity contribution is 5.33. The first-order valence-electron chi connectivity index (χ1n) is 4.53. The SMILES string of the molecule is OCCOc1ccccc1CCNF. The lowest BCUT2D eigenvalue weighted by Gasteiger charge is -2.09. The van der Waals surface area contributed by atoms with E-state index in [1.165, 1.54) is 0 Å². The van der Waals surface area contributed by atoms with E-state index in [2.05, 4.69) is 0 Å². The molecule has 0 aliphatic rings. The molecule has 0 radical (unpaired) electrons. The summed E-state index contributed by atoms with van der Waals surface area (Å²) in [5, 5.41) is 8.60. The van der Waals surface area contributed by atoms with Gasteiger partial charge in [0, 0.05) is 6.54 Å². The molecule has 1 aromatic carbocycles. The van der Waals surface area contributed by atoms with Gasteiger partial charge >= 0.3 is 0 Å². The van der Waals surface area contributed by atoms with Crippen LogP contribution in [0.5, 0.6) is 5.75 Å². The van der Waals surface area contributed by atoms with E-state index in [0.29, 0.717) is 12.2 Å². The number of ether oxygens (including phenoxy) is 1. The average molecular weight is 199 g/mol. The first-order chi connectivity index (χ1) is 6.88. The molecule has 0 aliphatic carbocycles. The van der Waals surface area contributed by atoms with Crippen LogP contribution in [0.15, 0.2) is 24.3 Å². The molecule has 0 spiro atoms. The molecule has 0 aromatic heterocycles. The second-order valence-electron chi connectivity index (χ2n) is 2.81. The van der Waals surface area contributed by atoms with E-state index in [-0.39, 0.29) is 19.8 Å². The van der Waals surface area contributed by atoms with Gasteiger partial charge in [-0.3, -0.25) is 0 Å². The molecule has 0 unspecified atom stereocenters. The number of nitrogens with one attached hydrogen (secondary N) is 1. The first-order valence-corrected chi connectivity index (χ1v) is 4.53. The van der Waals surface area contributed by atoms with E-state index >= 15 is 0 Å². The van der Waals surface area contributed by atoms with Gasteiger partial charge in [0.25, 0.3) is 0 Å². The predicted molar refractivity (Wildman–Crippen MR) is 51.8 cm³/mol. The minimum Gasteiger partial charge on any atom is -0.491 e. The third-order valence-electron chi connectivity index (χ3n) is 1.81. The standard InChI is InChI=1S/C10H14FNO2/c11-12-6-5-9-3-1-2-4-10(9)14-8-7-13/h1-4,12-13H,5-8H2. The van der Waals surface area contributed by atoms with Crippen molar-refractivity contribution < 1.29 is 14.3 Å². The lowest BCUT2D eigenvalue weighted by Crippen LogP contribution is -2.08. The zero-order valence-corrected chi connectivity index (χ0v) is 7.87. The number of para-hydroxylation sites is 1. The van der Waals surface area contributed by atoms with E-state index in [0.717, 1.165) is 5.56 Å². The summed E-state index contributed by atoms with van der Waals surface area (Å²) < 4.78 is 17.0. The maximum absolute atomic E-state index is 11.7. The van der Waals surface area contributed by atoms with Gasteiger partial charge in [0.05, 0.1) is 6.61 Å². The normalized spacial score (nSPS) is 10.1. The van der Waals surface area contributed by atoms with Gasteiger partial charge in [-0.15, -0.1) is 4.48 Å². The van der Waals surface area contributed by atoms with Crippen LogP contribution in [0.2, 0.25) is 0 Å². The van der Waals surface area contributed by atoms with E-state index < -0.39 is 0 Å². The summed E-state index contributed by atoms with van der Waals surface area (Å²) in [7, 11) is 0. The van der Waals surface area contributed by atoms with Gasteiger partial charge in [0.15, 0.2) is 0 Å². The van der Waals surface area contributed by atoms with Gasteiger partial charge in [0.2, 0.25) is 0 Å². The Labute approximate surface area is 82.4 Å². The number of aliphatic hydroxyl groups is 1. The van der Waals surface area contributed by atoms with Crippen LogP contribution in [-0.4, -0.2) is 24.9 Å². The van der Waals surface area contributed by atoms with Crippen molar-refractivity contribution in [3.63, 3.8) is 0 Å². The number of halogens is 1. The summed E-state index contributed by atoms with van der Waals surface area (Å²) in [5.74, 6) is 0.705. The summed E-state index contributed by atoms with van der Waals surface area (Å²) in [6, 6.07) is 7.41. The highest BCUT2D eigenvalue weighted by atomic mass is 19.2. The average Bonchev–Trinajstić information content (AvgIpc) is 2.24. The predicted octanol–water partition coefficient (Wildman–Crippen LogP) is 1.07. The molecule has 0 bridgehead atoms. The third-order valence-corrected chi connectivity index (χ3v) is 1.81. The molecule has 1 aromatic rings. The molecule has 0 heterocycles. The molecule has 4 heteroatoms. The molecule has 0 saturated heterocycles. The molecule has 0 fully saturated rings. The molecule has 14 heavy (non-hydrogen) atoms. The molecule has 3 nitrogen and oxygen atoms in total. The largest absolute Gasteiger partial charge is 0.491 e. The van der Waals surface area contributed by atoms with Crippen molar-refractivity contribution in [1.29, 1.82) is 0 Å². The van der Waals surface area contributed by atoms with E-state index in [1.54, 1.807) is 5.54 Å². The van der Waals surface area contributed by atoms with Gasteiger partial charge in [-0.25, -0.2) is 0 Å². The van der Waals surface area contributed by atoms with Crippen molar-refractivity contribution in [2.24, 2.45) is 0 Å². The quantitative estimate of drug-likeness (QED) is 0.673. The van der Waals surface area contributed by atoms with Crippen molar-refractivity contribution >= 4 is 0 Å². The number of aliphatic hydroxyl groups excluding tert-OH is 1. The Hall–Kier alpha value is -1.13. The van der Waals surface area contributed by atoms with Crippen molar-refractivity contribution in [2.45, 2.75) is 6.42 Å². The van der Waals surface area contributed by atoms with Gasteiger partial charge in [0.1, 0.15) is 12.4 Å². The van der Waals surface area contributed by atoms with Gasteiger partial charge in [-0.05, 0) is 18.1 Å². The van der Waals surface area contributed by atoms with Crippen LogP contribution in [0.25, 0.3) is 0 Å².